The first-order chi connectivity index (χ1) is 10.6. The van der Waals surface area contributed by atoms with E-state index in [4.69, 9.17) is 0 Å². The average molecular weight is 304 g/mol. The van der Waals surface area contributed by atoms with Crippen molar-refractivity contribution in [3.8, 4) is 0 Å². The smallest absolute Gasteiger partial charge is 0.229 e. The molecule has 116 valence electrons. The van der Waals surface area contributed by atoms with Crippen molar-refractivity contribution in [2.24, 2.45) is 0 Å². The summed E-state index contributed by atoms with van der Waals surface area (Å²) in [5, 5.41) is 2.66. The van der Waals surface area contributed by atoms with Gasteiger partial charge in [0, 0.05) is 24.8 Å². The average Bonchev–Trinajstić information content (AvgIpc) is 2.51. The highest BCUT2D eigenvalue weighted by Crippen LogP contribution is 2.24. The van der Waals surface area contributed by atoms with Crippen LogP contribution in [0.15, 0.2) is 24.3 Å². The molecule has 1 aliphatic rings. The fourth-order valence-corrected chi connectivity index (χ4v) is 2.62. The third-order valence-electron chi connectivity index (χ3n) is 3.72. The van der Waals surface area contributed by atoms with Crippen molar-refractivity contribution in [3.63, 3.8) is 0 Å². The molecule has 2 heterocycles. The zero-order chi connectivity index (χ0) is 15.5. The fourth-order valence-electron chi connectivity index (χ4n) is 2.62. The van der Waals surface area contributed by atoms with E-state index in [0.717, 1.165) is 37.4 Å². The van der Waals surface area contributed by atoms with Crippen LogP contribution >= 0.6 is 0 Å². The van der Waals surface area contributed by atoms with Gasteiger partial charge in [-0.2, -0.15) is 4.98 Å². The van der Waals surface area contributed by atoms with Crippen molar-refractivity contribution in [2.45, 2.75) is 26.2 Å². The van der Waals surface area contributed by atoms with E-state index >= 15 is 0 Å². The molecule has 1 aliphatic heterocycles. The second-order valence-electron chi connectivity index (χ2n) is 5.46. The molecule has 1 aromatic heterocycles. The van der Waals surface area contributed by atoms with Crippen LogP contribution < -0.4 is 10.2 Å². The number of aryl methyl sites for hydroxylation is 1. The lowest BCUT2D eigenvalue weighted by Crippen LogP contribution is -2.30. The molecule has 0 atom stereocenters. The highest BCUT2D eigenvalue weighted by atomic mass is 19.1. The molecule has 3 rings (SSSR count). The molecular weight excluding hydrogens is 286 g/mol. The molecule has 0 spiro atoms. The standard InChI is InChI=1S/C16H18F2N4/c1-11-10-14(22-8-3-2-4-9-22)20-16(19-11)21-15-12(17)6-5-7-13(15)18/h5-7,10H,2-4,8-9H2,1H3,(H,19,20,21). The van der Waals surface area contributed by atoms with Crippen LogP contribution in [0.2, 0.25) is 0 Å². The van der Waals surface area contributed by atoms with E-state index in [1.807, 2.05) is 13.0 Å². The molecule has 0 radical (unpaired) electrons. The fraction of sp³-hybridized carbons (Fsp3) is 0.375. The van der Waals surface area contributed by atoms with E-state index in [1.165, 1.54) is 24.6 Å². The largest absolute Gasteiger partial charge is 0.356 e. The van der Waals surface area contributed by atoms with Crippen molar-refractivity contribution >= 4 is 17.5 Å². The van der Waals surface area contributed by atoms with Crippen LogP contribution in [0.1, 0.15) is 25.0 Å². The van der Waals surface area contributed by atoms with Crippen LogP contribution in [0.25, 0.3) is 0 Å². The zero-order valence-corrected chi connectivity index (χ0v) is 12.4. The maximum Gasteiger partial charge on any atom is 0.229 e. The summed E-state index contributed by atoms with van der Waals surface area (Å²) in [5.74, 6) is -0.315. The lowest BCUT2D eigenvalue weighted by molar-refractivity contribution is 0.573. The maximum absolute atomic E-state index is 13.7. The first kappa shape index (κ1) is 14.7. The number of piperidine rings is 1. The summed E-state index contributed by atoms with van der Waals surface area (Å²) in [6.07, 6.45) is 3.49. The highest BCUT2D eigenvalue weighted by molar-refractivity contribution is 5.57. The number of benzene rings is 1. The third-order valence-corrected chi connectivity index (χ3v) is 3.72. The van der Waals surface area contributed by atoms with Gasteiger partial charge in [-0.15, -0.1) is 0 Å². The van der Waals surface area contributed by atoms with Crippen LogP contribution in [0.3, 0.4) is 0 Å². The van der Waals surface area contributed by atoms with Gasteiger partial charge in [-0.1, -0.05) is 6.07 Å². The van der Waals surface area contributed by atoms with Crippen molar-refractivity contribution in [1.82, 2.24) is 9.97 Å². The van der Waals surface area contributed by atoms with E-state index < -0.39 is 11.6 Å². The van der Waals surface area contributed by atoms with Gasteiger partial charge < -0.3 is 10.2 Å². The number of aromatic nitrogens is 2. The lowest BCUT2D eigenvalue weighted by Gasteiger charge is -2.28. The quantitative estimate of drug-likeness (QED) is 0.936. The Morgan fingerprint density at radius 2 is 1.73 bits per heavy atom. The summed E-state index contributed by atoms with van der Waals surface area (Å²) >= 11 is 0. The topological polar surface area (TPSA) is 41.1 Å². The van der Waals surface area contributed by atoms with Gasteiger partial charge >= 0.3 is 0 Å². The van der Waals surface area contributed by atoms with Crippen molar-refractivity contribution in [3.05, 3.63) is 41.6 Å². The number of para-hydroxylation sites is 1. The Hall–Kier alpha value is -2.24. The molecule has 4 nitrogen and oxygen atoms in total. The number of hydrogen-bond acceptors (Lipinski definition) is 4. The molecule has 0 saturated carbocycles. The van der Waals surface area contributed by atoms with E-state index in [-0.39, 0.29) is 11.6 Å². The van der Waals surface area contributed by atoms with Crippen LogP contribution in [-0.2, 0) is 0 Å². The molecule has 0 bridgehead atoms. The van der Waals surface area contributed by atoms with Crippen LogP contribution in [0.5, 0.6) is 0 Å². The summed E-state index contributed by atoms with van der Waals surface area (Å²) in [5.41, 5.74) is 0.535. The number of hydrogen-bond donors (Lipinski definition) is 1. The second kappa shape index (κ2) is 6.25. The van der Waals surface area contributed by atoms with Gasteiger partial charge in [0.15, 0.2) is 0 Å². The van der Waals surface area contributed by atoms with E-state index in [0.29, 0.717) is 0 Å². The maximum atomic E-state index is 13.7. The summed E-state index contributed by atoms with van der Waals surface area (Å²) < 4.78 is 27.4. The summed E-state index contributed by atoms with van der Waals surface area (Å²) in [6, 6.07) is 5.62. The van der Waals surface area contributed by atoms with E-state index in [1.54, 1.807) is 0 Å². The van der Waals surface area contributed by atoms with Crippen LogP contribution in [-0.4, -0.2) is 23.1 Å². The number of rotatable bonds is 3. The molecule has 2 aromatic rings. The third kappa shape index (κ3) is 3.16. The minimum absolute atomic E-state index is 0.213. The van der Waals surface area contributed by atoms with Gasteiger partial charge in [-0.3, -0.25) is 0 Å². The number of nitrogens with zero attached hydrogens (tertiary/aromatic N) is 3. The normalized spacial score (nSPS) is 15.0. The van der Waals surface area contributed by atoms with Gasteiger partial charge in [0.1, 0.15) is 23.1 Å². The molecule has 6 heteroatoms. The van der Waals surface area contributed by atoms with Crippen LogP contribution in [0, 0.1) is 18.6 Å². The molecule has 0 unspecified atom stereocenters. The number of anilines is 3. The van der Waals surface area contributed by atoms with Gasteiger partial charge in [0.2, 0.25) is 5.95 Å². The van der Waals surface area contributed by atoms with Crippen molar-refractivity contribution < 1.29 is 8.78 Å². The predicted molar refractivity (Wildman–Crippen MR) is 82.5 cm³/mol. The predicted octanol–water partition coefficient (Wildman–Crippen LogP) is 3.80. The Bertz CT molecular complexity index is 649. The molecule has 1 saturated heterocycles. The van der Waals surface area contributed by atoms with Crippen molar-refractivity contribution in [2.75, 3.05) is 23.3 Å². The second-order valence-corrected chi connectivity index (χ2v) is 5.46. The molecule has 1 N–H and O–H groups in total. The lowest BCUT2D eigenvalue weighted by atomic mass is 10.1. The molecule has 0 aliphatic carbocycles. The molecule has 0 amide bonds. The Morgan fingerprint density at radius 1 is 1.05 bits per heavy atom. The van der Waals surface area contributed by atoms with Crippen molar-refractivity contribution in [1.29, 1.82) is 0 Å². The zero-order valence-electron chi connectivity index (χ0n) is 12.4. The van der Waals surface area contributed by atoms with Gasteiger partial charge in [0.25, 0.3) is 0 Å². The number of halogens is 2. The van der Waals surface area contributed by atoms with Gasteiger partial charge in [-0.25, -0.2) is 13.8 Å². The first-order valence-electron chi connectivity index (χ1n) is 7.45. The molecule has 22 heavy (non-hydrogen) atoms. The van der Waals surface area contributed by atoms with E-state index in [2.05, 4.69) is 20.2 Å². The van der Waals surface area contributed by atoms with Gasteiger partial charge in [0.05, 0.1) is 0 Å². The molecule has 1 aromatic carbocycles. The summed E-state index contributed by atoms with van der Waals surface area (Å²) in [7, 11) is 0. The Labute approximate surface area is 128 Å². The monoisotopic (exact) mass is 304 g/mol. The molecular formula is C16H18F2N4. The van der Waals surface area contributed by atoms with Crippen LogP contribution in [0.4, 0.5) is 26.2 Å². The van der Waals surface area contributed by atoms with E-state index in [9.17, 15) is 8.78 Å². The Morgan fingerprint density at radius 3 is 2.41 bits per heavy atom. The minimum atomic E-state index is -0.662. The summed E-state index contributed by atoms with van der Waals surface area (Å²) in [4.78, 5) is 10.8. The Kier molecular flexibility index (Phi) is 4.18. The summed E-state index contributed by atoms with van der Waals surface area (Å²) in [6.45, 7) is 3.74. The number of nitrogens with one attached hydrogen (secondary N) is 1. The SMILES string of the molecule is Cc1cc(N2CCCCC2)nc(Nc2c(F)cccc2F)n1. The minimum Gasteiger partial charge on any atom is -0.356 e. The Balaban J connectivity index is 1.89. The van der Waals surface area contributed by atoms with Gasteiger partial charge in [-0.05, 0) is 38.3 Å². The molecule has 1 fully saturated rings. The first-order valence-corrected chi connectivity index (χ1v) is 7.45. The highest BCUT2D eigenvalue weighted by Gasteiger charge is 2.15.